The molecule has 4 nitrogen and oxygen atoms in total. The molecule has 0 saturated carbocycles. The van der Waals surface area contributed by atoms with Crippen LogP contribution in [0, 0.1) is 5.92 Å². The lowest BCUT2D eigenvalue weighted by Crippen LogP contribution is -2.15. The molecule has 0 atom stereocenters. The van der Waals surface area contributed by atoms with Gasteiger partial charge in [0.15, 0.2) is 0 Å². The van der Waals surface area contributed by atoms with E-state index in [2.05, 4.69) is 35.5 Å². The number of hydrogen-bond acceptors (Lipinski definition) is 3. The maximum absolute atomic E-state index is 4.46. The Morgan fingerprint density at radius 1 is 1.44 bits per heavy atom. The van der Waals surface area contributed by atoms with Crippen LogP contribution in [-0.4, -0.2) is 22.2 Å². The van der Waals surface area contributed by atoms with Crippen LogP contribution in [0.4, 0.5) is 5.69 Å². The number of aromatic nitrogens is 2. The highest BCUT2D eigenvalue weighted by molar-refractivity contribution is 5.95. The minimum atomic E-state index is 0.625. The van der Waals surface area contributed by atoms with Crippen LogP contribution in [0.1, 0.15) is 33.1 Å². The summed E-state index contributed by atoms with van der Waals surface area (Å²) in [6.07, 6.45) is 7.45. The van der Waals surface area contributed by atoms with Crippen molar-refractivity contribution in [3.05, 3.63) is 12.4 Å². The number of nitrogens with one attached hydrogen (secondary N) is 1. The van der Waals surface area contributed by atoms with Crippen molar-refractivity contribution in [2.45, 2.75) is 39.7 Å². The lowest BCUT2D eigenvalue weighted by atomic mass is 10.2. The minimum Gasteiger partial charge on any atom is -0.342 e. The van der Waals surface area contributed by atoms with Crippen LogP contribution in [0.3, 0.4) is 0 Å². The first-order valence-electron chi connectivity index (χ1n) is 6.07. The van der Waals surface area contributed by atoms with E-state index in [4.69, 9.17) is 0 Å². The molecule has 1 N–H and O–H groups in total. The number of nitrogens with zero attached hydrogens (tertiary/aromatic N) is 3. The standard InChI is InChI=1S/C12H20N4/c1-10(2)8-16-9-11(7-14-16)15-12-5-3-4-6-13-12/h7,9-10H,3-6,8H2,1-2H3,(H,13,15). The van der Waals surface area contributed by atoms with Crippen LogP contribution in [0.25, 0.3) is 0 Å². The normalized spacial score (nSPS) is 16.3. The molecule has 0 aliphatic carbocycles. The Bertz CT molecular complexity index is 365. The molecule has 0 bridgehead atoms. The second-order valence-electron chi connectivity index (χ2n) is 4.76. The van der Waals surface area contributed by atoms with Crippen LogP contribution in [0.5, 0.6) is 0 Å². The molecule has 0 fully saturated rings. The Labute approximate surface area is 96.8 Å². The van der Waals surface area contributed by atoms with E-state index in [1.165, 1.54) is 12.8 Å². The molecular weight excluding hydrogens is 200 g/mol. The summed E-state index contributed by atoms with van der Waals surface area (Å²) in [5.41, 5.74) is 1.06. The van der Waals surface area contributed by atoms with Crippen LogP contribution in [-0.2, 0) is 6.54 Å². The molecule has 2 heterocycles. The number of hydrogen-bond donors (Lipinski definition) is 1. The summed E-state index contributed by atoms with van der Waals surface area (Å²) in [4.78, 5) is 4.46. The third-order valence-corrected chi connectivity index (χ3v) is 2.60. The van der Waals surface area contributed by atoms with Gasteiger partial charge in [-0.2, -0.15) is 5.10 Å². The molecule has 0 amide bonds. The Kier molecular flexibility index (Phi) is 3.59. The summed E-state index contributed by atoms with van der Waals surface area (Å²) in [6, 6.07) is 0. The van der Waals surface area contributed by atoms with E-state index in [0.29, 0.717) is 5.92 Å². The van der Waals surface area contributed by atoms with Crippen molar-refractivity contribution in [1.82, 2.24) is 9.78 Å². The summed E-state index contributed by atoms with van der Waals surface area (Å²) in [7, 11) is 0. The van der Waals surface area contributed by atoms with Crippen molar-refractivity contribution in [3.8, 4) is 0 Å². The first-order valence-corrected chi connectivity index (χ1v) is 6.07. The molecule has 0 spiro atoms. The van der Waals surface area contributed by atoms with Gasteiger partial charge in [0.2, 0.25) is 0 Å². The average molecular weight is 220 g/mol. The fourth-order valence-corrected chi connectivity index (χ4v) is 1.87. The lowest BCUT2D eigenvalue weighted by Gasteiger charge is -2.12. The van der Waals surface area contributed by atoms with Crippen molar-refractivity contribution in [2.75, 3.05) is 11.9 Å². The van der Waals surface area contributed by atoms with Crippen LogP contribution < -0.4 is 5.32 Å². The second kappa shape index (κ2) is 5.14. The third kappa shape index (κ3) is 3.08. The summed E-state index contributed by atoms with van der Waals surface area (Å²) < 4.78 is 1.98. The van der Waals surface area contributed by atoms with Gasteiger partial charge in [0.25, 0.3) is 0 Å². The van der Waals surface area contributed by atoms with Gasteiger partial charge in [-0.1, -0.05) is 13.8 Å². The van der Waals surface area contributed by atoms with Crippen molar-refractivity contribution < 1.29 is 0 Å². The first-order chi connectivity index (χ1) is 7.74. The molecule has 1 aliphatic rings. The Morgan fingerprint density at radius 3 is 3.00 bits per heavy atom. The molecule has 4 heteroatoms. The third-order valence-electron chi connectivity index (χ3n) is 2.60. The lowest BCUT2D eigenvalue weighted by molar-refractivity contribution is 0.483. The molecule has 16 heavy (non-hydrogen) atoms. The Hall–Kier alpha value is -1.32. The molecule has 0 saturated heterocycles. The fraction of sp³-hybridized carbons (Fsp3) is 0.667. The summed E-state index contributed by atoms with van der Waals surface area (Å²) in [5.74, 6) is 1.73. The van der Waals surface area contributed by atoms with Gasteiger partial charge in [-0.05, 0) is 18.8 Å². The van der Waals surface area contributed by atoms with E-state index in [9.17, 15) is 0 Å². The van der Waals surface area contributed by atoms with Crippen LogP contribution in [0.15, 0.2) is 17.4 Å². The number of anilines is 1. The summed E-state index contributed by atoms with van der Waals surface area (Å²) in [6.45, 7) is 6.32. The van der Waals surface area contributed by atoms with Crippen LogP contribution >= 0.6 is 0 Å². The smallest absolute Gasteiger partial charge is 0.101 e. The number of aliphatic imine (C=N–C) groups is 1. The molecule has 0 radical (unpaired) electrons. The Morgan fingerprint density at radius 2 is 2.31 bits per heavy atom. The fourth-order valence-electron chi connectivity index (χ4n) is 1.87. The van der Waals surface area contributed by atoms with Crippen molar-refractivity contribution in [3.63, 3.8) is 0 Å². The second-order valence-corrected chi connectivity index (χ2v) is 4.76. The van der Waals surface area contributed by atoms with E-state index in [-0.39, 0.29) is 0 Å². The molecule has 0 aromatic carbocycles. The Balaban J connectivity index is 1.94. The number of amidine groups is 1. The van der Waals surface area contributed by atoms with E-state index >= 15 is 0 Å². The molecule has 1 aliphatic heterocycles. The monoisotopic (exact) mass is 220 g/mol. The van der Waals surface area contributed by atoms with E-state index in [1.54, 1.807) is 0 Å². The average Bonchev–Trinajstić information content (AvgIpc) is 2.66. The zero-order valence-electron chi connectivity index (χ0n) is 10.1. The quantitative estimate of drug-likeness (QED) is 0.850. The molecule has 1 aromatic rings. The van der Waals surface area contributed by atoms with Gasteiger partial charge in [0.1, 0.15) is 5.84 Å². The maximum atomic E-state index is 4.46. The summed E-state index contributed by atoms with van der Waals surface area (Å²) in [5, 5.41) is 7.66. The largest absolute Gasteiger partial charge is 0.342 e. The maximum Gasteiger partial charge on any atom is 0.101 e. The van der Waals surface area contributed by atoms with Gasteiger partial charge in [-0.15, -0.1) is 0 Å². The van der Waals surface area contributed by atoms with Crippen molar-refractivity contribution >= 4 is 11.5 Å². The van der Waals surface area contributed by atoms with E-state index in [0.717, 1.165) is 31.0 Å². The predicted molar refractivity (Wildman–Crippen MR) is 66.8 cm³/mol. The minimum absolute atomic E-state index is 0.625. The predicted octanol–water partition coefficient (Wildman–Crippen LogP) is 2.53. The van der Waals surface area contributed by atoms with Crippen molar-refractivity contribution in [2.24, 2.45) is 10.9 Å². The van der Waals surface area contributed by atoms with Crippen molar-refractivity contribution in [1.29, 1.82) is 0 Å². The van der Waals surface area contributed by atoms with Gasteiger partial charge in [0.05, 0.1) is 11.9 Å². The SMILES string of the molecule is CC(C)Cn1cc(NC2=NCCCC2)cn1. The van der Waals surface area contributed by atoms with Gasteiger partial charge in [0, 0.05) is 25.7 Å². The summed E-state index contributed by atoms with van der Waals surface area (Å²) >= 11 is 0. The van der Waals surface area contributed by atoms with E-state index in [1.807, 2.05) is 10.9 Å². The zero-order chi connectivity index (χ0) is 11.4. The number of rotatable bonds is 3. The van der Waals surface area contributed by atoms with Gasteiger partial charge >= 0.3 is 0 Å². The molecule has 88 valence electrons. The first kappa shape index (κ1) is 11.2. The topological polar surface area (TPSA) is 42.2 Å². The highest BCUT2D eigenvalue weighted by atomic mass is 15.3. The molecule has 2 rings (SSSR count). The van der Waals surface area contributed by atoms with Gasteiger partial charge < -0.3 is 5.32 Å². The van der Waals surface area contributed by atoms with Gasteiger partial charge in [-0.25, -0.2) is 0 Å². The van der Waals surface area contributed by atoms with Crippen LogP contribution in [0.2, 0.25) is 0 Å². The molecular formula is C12H20N4. The molecule has 1 aromatic heterocycles. The highest BCUT2D eigenvalue weighted by Crippen LogP contribution is 2.11. The van der Waals surface area contributed by atoms with Gasteiger partial charge in [-0.3, -0.25) is 9.67 Å². The zero-order valence-corrected chi connectivity index (χ0v) is 10.1. The molecule has 0 unspecified atom stereocenters. The highest BCUT2D eigenvalue weighted by Gasteiger charge is 2.06. The van der Waals surface area contributed by atoms with E-state index < -0.39 is 0 Å².